The largest absolute Gasteiger partial charge is 0.450 e. The third-order valence-corrected chi connectivity index (χ3v) is 6.76. The van der Waals surface area contributed by atoms with Gasteiger partial charge in [-0.15, -0.1) is 0 Å². The summed E-state index contributed by atoms with van der Waals surface area (Å²) in [5.74, 6) is 0.680. The second-order valence-corrected chi connectivity index (χ2v) is 8.66. The van der Waals surface area contributed by atoms with Crippen LogP contribution in [0.15, 0.2) is 46.9 Å². The summed E-state index contributed by atoms with van der Waals surface area (Å²) in [5, 5.41) is 11.7. The van der Waals surface area contributed by atoms with Gasteiger partial charge in [0.1, 0.15) is 5.58 Å². The molecular weight excluding hydrogens is 374 g/mol. The minimum absolute atomic E-state index is 0.0296. The predicted molar refractivity (Wildman–Crippen MR) is 120 cm³/mol. The van der Waals surface area contributed by atoms with Crippen molar-refractivity contribution in [1.29, 1.82) is 0 Å². The van der Waals surface area contributed by atoms with E-state index in [-0.39, 0.29) is 17.9 Å². The van der Waals surface area contributed by atoms with Gasteiger partial charge in [0.05, 0.1) is 6.10 Å². The molecule has 1 N–H and O–H groups in total. The van der Waals surface area contributed by atoms with E-state index in [1.54, 1.807) is 0 Å². The van der Waals surface area contributed by atoms with E-state index in [0.717, 1.165) is 47.8 Å². The van der Waals surface area contributed by atoms with E-state index in [1.165, 1.54) is 11.1 Å². The molecule has 1 atom stereocenters. The van der Waals surface area contributed by atoms with Crippen LogP contribution in [0.4, 0.5) is 0 Å². The standard InChI is InChI=1S/C26H31NO3/c1-17-9-11-22-19(3)25(30-24(22)18(17)2)26(29)27-15-13-21(14-16-27)23(28)12-10-20-7-5-4-6-8-20/h4-9,11,21,23,28H,10,12-16H2,1-3H3/t23-/m1/s1. The van der Waals surface area contributed by atoms with Crippen LogP contribution >= 0.6 is 0 Å². The highest BCUT2D eigenvalue weighted by molar-refractivity contribution is 5.99. The topological polar surface area (TPSA) is 53.7 Å². The molecule has 0 unspecified atom stereocenters. The SMILES string of the molecule is Cc1ccc2c(C)c(C(=O)N3CCC([C@H](O)CCc4ccccc4)CC3)oc2c1C. The third-order valence-electron chi connectivity index (χ3n) is 6.76. The van der Waals surface area contributed by atoms with E-state index in [2.05, 4.69) is 25.1 Å². The van der Waals surface area contributed by atoms with Crippen molar-refractivity contribution < 1.29 is 14.3 Å². The number of rotatable bonds is 5. The lowest BCUT2D eigenvalue weighted by Crippen LogP contribution is -2.41. The average molecular weight is 406 g/mol. The van der Waals surface area contributed by atoms with Crippen LogP contribution in [0.3, 0.4) is 0 Å². The molecule has 158 valence electrons. The number of nitrogens with zero attached hydrogens (tertiary/aromatic N) is 1. The smallest absolute Gasteiger partial charge is 0.289 e. The molecule has 2 aromatic carbocycles. The van der Waals surface area contributed by atoms with Crippen LogP contribution < -0.4 is 0 Å². The van der Waals surface area contributed by atoms with Gasteiger partial charge >= 0.3 is 0 Å². The molecule has 4 heteroatoms. The van der Waals surface area contributed by atoms with Gasteiger partial charge in [0.2, 0.25) is 0 Å². The molecule has 0 saturated carbocycles. The highest BCUT2D eigenvalue weighted by atomic mass is 16.3. The lowest BCUT2D eigenvalue weighted by molar-refractivity contribution is 0.0419. The van der Waals surface area contributed by atoms with Crippen molar-refractivity contribution in [3.05, 3.63) is 70.5 Å². The van der Waals surface area contributed by atoms with Gasteiger partial charge in [-0.2, -0.15) is 0 Å². The summed E-state index contributed by atoms with van der Waals surface area (Å²) in [7, 11) is 0. The highest BCUT2D eigenvalue weighted by Crippen LogP contribution is 2.31. The van der Waals surface area contributed by atoms with Gasteiger partial charge < -0.3 is 14.4 Å². The number of hydrogen-bond acceptors (Lipinski definition) is 3. The summed E-state index contributed by atoms with van der Waals surface area (Å²) < 4.78 is 6.05. The molecule has 0 aliphatic carbocycles. The first-order valence-electron chi connectivity index (χ1n) is 11.0. The van der Waals surface area contributed by atoms with E-state index >= 15 is 0 Å². The number of likely N-dealkylation sites (tertiary alicyclic amines) is 1. The Morgan fingerprint density at radius 2 is 1.77 bits per heavy atom. The average Bonchev–Trinajstić information content (AvgIpc) is 3.12. The van der Waals surface area contributed by atoms with E-state index in [9.17, 15) is 9.90 Å². The Morgan fingerprint density at radius 1 is 1.07 bits per heavy atom. The van der Waals surface area contributed by atoms with E-state index < -0.39 is 0 Å². The maximum absolute atomic E-state index is 13.1. The molecule has 0 bridgehead atoms. The number of fused-ring (bicyclic) bond motifs is 1. The summed E-state index contributed by atoms with van der Waals surface area (Å²) in [6.07, 6.45) is 3.00. The normalized spacial score (nSPS) is 16.2. The zero-order chi connectivity index (χ0) is 21.3. The van der Waals surface area contributed by atoms with Crippen molar-refractivity contribution >= 4 is 16.9 Å². The fourth-order valence-electron chi connectivity index (χ4n) is 4.55. The fourth-order valence-corrected chi connectivity index (χ4v) is 4.55. The number of carbonyl (C=O) groups is 1. The van der Waals surface area contributed by atoms with Crippen LogP contribution in [0.1, 0.15) is 52.1 Å². The van der Waals surface area contributed by atoms with Crippen LogP contribution in [0.5, 0.6) is 0 Å². The highest BCUT2D eigenvalue weighted by Gasteiger charge is 2.30. The molecule has 4 rings (SSSR count). The third kappa shape index (κ3) is 4.01. The van der Waals surface area contributed by atoms with Gasteiger partial charge in [-0.25, -0.2) is 0 Å². The number of furan rings is 1. The van der Waals surface area contributed by atoms with Crippen LogP contribution in [-0.2, 0) is 6.42 Å². The number of benzene rings is 2. The number of aryl methyl sites for hydroxylation is 4. The van der Waals surface area contributed by atoms with Crippen LogP contribution in [-0.4, -0.2) is 35.1 Å². The van der Waals surface area contributed by atoms with Crippen molar-refractivity contribution in [1.82, 2.24) is 4.90 Å². The van der Waals surface area contributed by atoms with Crippen molar-refractivity contribution in [2.45, 2.75) is 52.6 Å². The zero-order valence-corrected chi connectivity index (χ0v) is 18.1. The van der Waals surface area contributed by atoms with Gasteiger partial charge in [0, 0.05) is 24.0 Å². The molecular formula is C26H31NO3. The first-order chi connectivity index (χ1) is 14.5. The van der Waals surface area contributed by atoms with Crippen LogP contribution in [0.2, 0.25) is 0 Å². The van der Waals surface area contributed by atoms with Gasteiger partial charge in [0.15, 0.2) is 5.76 Å². The van der Waals surface area contributed by atoms with E-state index in [1.807, 2.05) is 43.0 Å². The Bertz CT molecular complexity index is 1030. The van der Waals surface area contributed by atoms with E-state index in [4.69, 9.17) is 4.42 Å². The van der Waals surface area contributed by atoms with Crippen molar-refractivity contribution in [3.8, 4) is 0 Å². The molecule has 2 heterocycles. The summed E-state index contributed by atoms with van der Waals surface area (Å²) >= 11 is 0. The van der Waals surface area contributed by atoms with Crippen molar-refractivity contribution in [3.63, 3.8) is 0 Å². The second kappa shape index (κ2) is 8.65. The van der Waals surface area contributed by atoms with Crippen LogP contribution in [0, 0.1) is 26.7 Å². The molecule has 1 aliphatic rings. The Hall–Kier alpha value is -2.59. The number of piperidine rings is 1. The molecule has 30 heavy (non-hydrogen) atoms. The Balaban J connectivity index is 1.38. The van der Waals surface area contributed by atoms with Crippen molar-refractivity contribution in [2.24, 2.45) is 5.92 Å². The number of aliphatic hydroxyl groups excluding tert-OH is 1. The Kier molecular flexibility index (Phi) is 5.96. The minimum atomic E-state index is -0.319. The van der Waals surface area contributed by atoms with Crippen molar-refractivity contribution in [2.75, 3.05) is 13.1 Å². The number of amides is 1. The quantitative estimate of drug-likeness (QED) is 0.634. The Morgan fingerprint density at radius 3 is 2.47 bits per heavy atom. The number of hydrogen-bond donors (Lipinski definition) is 1. The van der Waals surface area contributed by atoms with Gasteiger partial charge in [-0.05, 0) is 69.1 Å². The molecule has 0 radical (unpaired) electrons. The maximum Gasteiger partial charge on any atom is 0.289 e. The van der Waals surface area contributed by atoms with Gasteiger partial charge in [-0.1, -0.05) is 42.5 Å². The molecule has 1 aromatic heterocycles. The summed E-state index contributed by atoms with van der Waals surface area (Å²) in [4.78, 5) is 15.0. The van der Waals surface area contributed by atoms with E-state index in [0.29, 0.717) is 18.8 Å². The fraction of sp³-hybridized carbons (Fsp3) is 0.423. The molecule has 3 aromatic rings. The lowest BCUT2D eigenvalue weighted by Gasteiger charge is -2.34. The monoisotopic (exact) mass is 405 g/mol. The predicted octanol–water partition coefficient (Wildman–Crippen LogP) is 5.20. The Labute approximate surface area is 178 Å². The first-order valence-corrected chi connectivity index (χ1v) is 11.0. The van der Waals surface area contributed by atoms with Gasteiger partial charge in [0.25, 0.3) is 5.91 Å². The molecule has 1 saturated heterocycles. The summed E-state index contributed by atoms with van der Waals surface area (Å²) in [6, 6.07) is 14.4. The maximum atomic E-state index is 13.1. The minimum Gasteiger partial charge on any atom is -0.450 e. The molecule has 1 aliphatic heterocycles. The molecule has 1 fully saturated rings. The lowest BCUT2D eigenvalue weighted by atomic mass is 9.88. The summed E-state index contributed by atoms with van der Waals surface area (Å²) in [6.45, 7) is 7.40. The molecule has 4 nitrogen and oxygen atoms in total. The first kappa shape index (κ1) is 20.7. The molecule has 0 spiro atoms. The number of carbonyl (C=O) groups excluding carboxylic acids is 1. The number of aliphatic hydroxyl groups is 1. The molecule has 1 amide bonds. The summed E-state index contributed by atoms with van der Waals surface area (Å²) in [5.41, 5.74) is 5.26. The van der Waals surface area contributed by atoms with Crippen LogP contribution in [0.25, 0.3) is 11.0 Å². The van der Waals surface area contributed by atoms with Gasteiger partial charge in [-0.3, -0.25) is 4.79 Å². The second-order valence-electron chi connectivity index (χ2n) is 8.66. The zero-order valence-electron chi connectivity index (χ0n) is 18.1.